The molecule has 1 aromatic carbocycles. The summed E-state index contributed by atoms with van der Waals surface area (Å²) in [5.74, 6) is 0.188. The first-order valence-corrected chi connectivity index (χ1v) is 6.06. The van der Waals surface area contributed by atoms with Gasteiger partial charge in [-0.05, 0) is 11.6 Å². The van der Waals surface area contributed by atoms with E-state index in [4.69, 9.17) is 0 Å². The van der Waals surface area contributed by atoms with Crippen LogP contribution in [-0.4, -0.2) is 12.8 Å². The standard InChI is InChI=1S/C15H19NO/c1-5-11(17)10-14-15(2,3)12-8-6-7-9-13(12)16(14)4/h6-10H,5H2,1-4H3. The minimum atomic E-state index is -0.0871. The van der Waals surface area contributed by atoms with Crippen molar-refractivity contribution in [3.63, 3.8) is 0 Å². The number of benzene rings is 1. The Bertz CT molecular complexity index is 485. The molecule has 0 spiro atoms. The van der Waals surface area contributed by atoms with Gasteiger partial charge < -0.3 is 4.90 Å². The molecule has 0 aromatic heterocycles. The molecule has 0 fully saturated rings. The highest BCUT2D eigenvalue weighted by atomic mass is 16.1. The van der Waals surface area contributed by atoms with Crippen molar-refractivity contribution in [1.29, 1.82) is 0 Å². The lowest BCUT2D eigenvalue weighted by Gasteiger charge is -2.23. The molecule has 17 heavy (non-hydrogen) atoms. The van der Waals surface area contributed by atoms with Gasteiger partial charge in [0, 0.05) is 36.3 Å². The first-order chi connectivity index (χ1) is 7.98. The molecule has 0 saturated carbocycles. The van der Waals surface area contributed by atoms with Gasteiger partial charge in [-0.25, -0.2) is 0 Å². The molecular formula is C15H19NO. The maximum atomic E-state index is 11.6. The highest BCUT2D eigenvalue weighted by Crippen LogP contribution is 2.46. The maximum absolute atomic E-state index is 11.6. The first-order valence-electron chi connectivity index (χ1n) is 6.06. The zero-order valence-electron chi connectivity index (χ0n) is 10.9. The van der Waals surface area contributed by atoms with Crippen LogP contribution < -0.4 is 4.90 Å². The number of hydrogen-bond acceptors (Lipinski definition) is 2. The van der Waals surface area contributed by atoms with Crippen LogP contribution in [0.3, 0.4) is 0 Å². The predicted molar refractivity (Wildman–Crippen MR) is 71.3 cm³/mol. The Morgan fingerprint density at radius 1 is 1.35 bits per heavy atom. The van der Waals surface area contributed by atoms with E-state index in [0.717, 1.165) is 5.70 Å². The first kappa shape index (κ1) is 11.9. The Balaban J connectivity index is 2.54. The van der Waals surface area contributed by atoms with Crippen LogP contribution in [0.5, 0.6) is 0 Å². The summed E-state index contributed by atoms with van der Waals surface area (Å²) in [4.78, 5) is 13.8. The van der Waals surface area contributed by atoms with Crippen molar-refractivity contribution in [2.45, 2.75) is 32.6 Å². The number of para-hydroxylation sites is 1. The molecule has 90 valence electrons. The lowest BCUT2D eigenvalue weighted by Crippen LogP contribution is -2.23. The second kappa shape index (κ2) is 4.02. The summed E-state index contributed by atoms with van der Waals surface area (Å²) in [6, 6.07) is 8.34. The zero-order valence-corrected chi connectivity index (χ0v) is 10.9. The number of allylic oxidation sites excluding steroid dienone is 2. The van der Waals surface area contributed by atoms with Crippen LogP contribution in [0.1, 0.15) is 32.8 Å². The number of anilines is 1. The number of fused-ring (bicyclic) bond motifs is 1. The van der Waals surface area contributed by atoms with Gasteiger partial charge in [-0.15, -0.1) is 0 Å². The van der Waals surface area contributed by atoms with E-state index in [1.165, 1.54) is 11.3 Å². The van der Waals surface area contributed by atoms with Crippen molar-refractivity contribution in [2.75, 3.05) is 11.9 Å². The van der Waals surface area contributed by atoms with Gasteiger partial charge in [0.15, 0.2) is 5.78 Å². The molecule has 2 heteroatoms. The third kappa shape index (κ3) is 1.78. The predicted octanol–water partition coefficient (Wildman–Crippen LogP) is 3.28. The fourth-order valence-electron chi connectivity index (χ4n) is 2.51. The molecule has 1 aliphatic heterocycles. The molecule has 1 heterocycles. The highest BCUT2D eigenvalue weighted by molar-refractivity contribution is 5.92. The Hall–Kier alpha value is -1.57. The summed E-state index contributed by atoms with van der Waals surface area (Å²) in [6.07, 6.45) is 2.35. The molecule has 0 radical (unpaired) electrons. The number of likely N-dealkylation sites (N-methyl/N-ethyl adjacent to an activating group) is 1. The van der Waals surface area contributed by atoms with Gasteiger partial charge in [-0.3, -0.25) is 4.79 Å². The van der Waals surface area contributed by atoms with Crippen molar-refractivity contribution in [3.8, 4) is 0 Å². The van der Waals surface area contributed by atoms with E-state index in [1.807, 2.05) is 20.0 Å². The van der Waals surface area contributed by atoms with Crippen molar-refractivity contribution in [2.24, 2.45) is 0 Å². The van der Waals surface area contributed by atoms with E-state index in [9.17, 15) is 4.79 Å². The number of nitrogens with zero attached hydrogens (tertiary/aromatic N) is 1. The molecule has 1 aromatic rings. The molecule has 2 nitrogen and oxygen atoms in total. The van der Waals surface area contributed by atoms with E-state index >= 15 is 0 Å². The second-order valence-electron chi connectivity index (χ2n) is 5.05. The van der Waals surface area contributed by atoms with E-state index in [0.29, 0.717) is 6.42 Å². The van der Waals surface area contributed by atoms with Crippen LogP contribution in [0.25, 0.3) is 0 Å². The van der Waals surface area contributed by atoms with Crippen molar-refractivity contribution < 1.29 is 4.79 Å². The summed E-state index contributed by atoms with van der Waals surface area (Å²) < 4.78 is 0. The average Bonchev–Trinajstić information content (AvgIpc) is 2.51. The average molecular weight is 229 g/mol. The second-order valence-corrected chi connectivity index (χ2v) is 5.05. The van der Waals surface area contributed by atoms with Gasteiger partial charge in [-0.1, -0.05) is 39.0 Å². The third-order valence-electron chi connectivity index (χ3n) is 3.59. The minimum Gasteiger partial charge on any atom is -0.347 e. The molecule has 0 atom stereocenters. The van der Waals surface area contributed by atoms with Gasteiger partial charge >= 0.3 is 0 Å². The summed E-state index contributed by atoms with van der Waals surface area (Å²) in [6.45, 7) is 6.24. The normalized spacial score (nSPS) is 19.5. The van der Waals surface area contributed by atoms with Crippen LogP contribution in [0.15, 0.2) is 36.0 Å². The molecule has 0 unspecified atom stereocenters. The molecule has 0 bridgehead atoms. The Morgan fingerprint density at radius 3 is 2.59 bits per heavy atom. The van der Waals surface area contributed by atoms with E-state index < -0.39 is 0 Å². The Morgan fingerprint density at radius 2 is 2.00 bits per heavy atom. The Kier molecular flexibility index (Phi) is 2.82. The Labute approximate surface area is 103 Å². The molecule has 0 aliphatic carbocycles. The van der Waals surface area contributed by atoms with Crippen LogP contribution in [0, 0.1) is 0 Å². The van der Waals surface area contributed by atoms with Crippen molar-refractivity contribution in [3.05, 3.63) is 41.6 Å². The molecule has 2 rings (SSSR count). The largest absolute Gasteiger partial charge is 0.347 e. The topological polar surface area (TPSA) is 20.3 Å². The van der Waals surface area contributed by atoms with Crippen molar-refractivity contribution >= 4 is 11.5 Å². The fraction of sp³-hybridized carbons (Fsp3) is 0.400. The summed E-state index contributed by atoms with van der Waals surface area (Å²) in [7, 11) is 2.03. The smallest absolute Gasteiger partial charge is 0.157 e. The summed E-state index contributed by atoms with van der Waals surface area (Å²) in [5.41, 5.74) is 3.49. The van der Waals surface area contributed by atoms with Gasteiger partial charge in [0.1, 0.15) is 0 Å². The molecule has 0 amide bonds. The number of rotatable bonds is 2. The number of carbonyl (C=O) groups excluding carboxylic acids is 1. The number of hydrogen-bond donors (Lipinski definition) is 0. The number of carbonyl (C=O) groups is 1. The highest BCUT2D eigenvalue weighted by Gasteiger charge is 2.38. The van der Waals surface area contributed by atoms with E-state index in [-0.39, 0.29) is 11.2 Å². The molecular weight excluding hydrogens is 210 g/mol. The summed E-state index contributed by atoms with van der Waals surface area (Å²) >= 11 is 0. The van der Waals surface area contributed by atoms with Crippen LogP contribution >= 0.6 is 0 Å². The third-order valence-corrected chi connectivity index (χ3v) is 3.59. The monoisotopic (exact) mass is 229 g/mol. The van der Waals surface area contributed by atoms with Gasteiger partial charge in [0.05, 0.1) is 0 Å². The molecule has 0 saturated heterocycles. The van der Waals surface area contributed by atoms with Gasteiger partial charge in [0.25, 0.3) is 0 Å². The van der Waals surface area contributed by atoms with E-state index in [1.54, 1.807) is 6.08 Å². The molecule has 0 N–H and O–H groups in total. The number of ketones is 1. The van der Waals surface area contributed by atoms with Crippen LogP contribution in [-0.2, 0) is 10.2 Å². The summed E-state index contributed by atoms with van der Waals surface area (Å²) in [5, 5.41) is 0. The van der Waals surface area contributed by atoms with Gasteiger partial charge in [-0.2, -0.15) is 0 Å². The van der Waals surface area contributed by atoms with Gasteiger partial charge in [0.2, 0.25) is 0 Å². The van der Waals surface area contributed by atoms with Crippen LogP contribution in [0.2, 0.25) is 0 Å². The van der Waals surface area contributed by atoms with E-state index in [2.05, 4.69) is 36.9 Å². The SMILES string of the molecule is CCC(=O)C=C1N(C)c2ccccc2C1(C)C. The zero-order chi connectivity index (χ0) is 12.6. The van der Waals surface area contributed by atoms with Crippen LogP contribution in [0.4, 0.5) is 5.69 Å². The quantitative estimate of drug-likeness (QED) is 0.725. The lowest BCUT2D eigenvalue weighted by molar-refractivity contribution is -0.114. The van der Waals surface area contributed by atoms with Crippen molar-refractivity contribution in [1.82, 2.24) is 0 Å². The molecule has 1 aliphatic rings. The minimum absolute atomic E-state index is 0.0871. The fourth-order valence-corrected chi connectivity index (χ4v) is 2.51. The lowest BCUT2D eigenvalue weighted by atomic mass is 9.83. The maximum Gasteiger partial charge on any atom is 0.157 e.